The van der Waals surface area contributed by atoms with Crippen molar-refractivity contribution in [1.29, 1.82) is 0 Å². The molecule has 2 rings (SSSR count). The number of nitrogens with zero attached hydrogens (tertiary/aromatic N) is 5. The van der Waals surface area contributed by atoms with Crippen molar-refractivity contribution in [1.82, 2.24) is 24.5 Å². The summed E-state index contributed by atoms with van der Waals surface area (Å²) in [4.78, 5) is 4.21. The van der Waals surface area contributed by atoms with Crippen LogP contribution in [-0.4, -0.2) is 29.7 Å². The summed E-state index contributed by atoms with van der Waals surface area (Å²) >= 11 is 0. The molecular formula is C13H21N5O. The van der Waals surface area contributed by atoms with Gasteiger partial charge in [0.15, 0.2) is 0 Å². The highest BCUT2D eigenvalue weighted by atomic mass is 16.3. The highest BCUT2D eigenvalue weighted by Gasteiger charge is 2.16. The molecule has 2 aromatic rings. The van der Waals surface area contributed by atoms with Crippen LogP contribution in [0.1, 0.15) is 57.3 Å². The molecule has 0 aliphatic carbocycles. The second-order valence-electron chi connectivity index (χ2n) is 5.28. The van der Waals surface area contributed by atoms with Crippen molar-refractivity contribution in [2.75, 3.05) is 0 Å². The third-order valence-corrected chi connectivity index (χ3v) is 3.05. The maximum absolute atomic E-state index is 10.3. The maximum atomic E-state index is 10.3. The zero-order valence-corrected chi connectivity index (χ0v) is 11.9. The Bertz CT molecular complexity index is 529. The van der Waals surface area contributed by atoms with Crippen molar-refractivity contribution in [2.24, 2.45) is 0 Å². The van der Waals surface area contributed by atoms with E-state index in [1.54, 1.807) is 6.20 Å². The third-order valence-electron chi connectivity index (χ3n) is 3.05. The van der Waals surface area contributed by atoms with Crippen LogP contribution in [0.25, 0.3) is 0 Å². The molecule has 0 amide bonds. The van der Waals surface area contributed by atoms with Gasteiger partial charge in [-0.1, -0.05) is 0 Å². The predicted octanol–water partition coefficient (Wildman–Crippen LogP) is 1.91. The van der Waals surface area contributed by atoms with Crippen LogP contribution in [0.15, 0.2) is 18.7 Å². The molecule has 104 valence electrons. The first kappa shape index (κ1) is 13.7. The molecule has 0 aromatic carbocycles. The molecule has 6 nitrogen and oxygen atoms in total. The third kappa shape index (κ3) is 3.01. The van der Waals surface area contributed by atoms with Crippen molar-refractivity contribution in [3.8, 4) is 0 Å². The van der Waals surface area contributed by atoms with Gasteiger partial charge in [0.1, 0.15) is 12.2 Å². The average Bonchev–Trinajstić information content (AvgIpc) is 2.96. The van der Waals surface area contributed by atoms with Crippen molar-refractivity contribution in [3.63, 3.8) is 0 Å². The lowest BCUT2D eigenvalue weighted by Gasteiger charge is -2.12. The summed E-state index contributed by atoms with van der Waals surface area (Å²) < 4.78 is 3.67. The monoisotopic (exact) mass is 263 g/mol. The van der Waals surface area contributed by atoms with Gasteiger partial charge in [0.05, 0.1) is 12.3 Å². The van der Waals surface area contributed by atoms with E-state index in [0.717, 1.165) is 11.4 Å². The molecule has 1 N–H and O–H groups in total. The van der Waals surface area contributed by atoms with Crippen LogP contribution in [0.2, 0.25) is 0 Å². The standard InChI is InChI=1S/C13H21N5O/c1-9(2)17-7-11(6-15-17)12(19)5-13-14-8-16-18(13)10(3)4/h6-10,12,19H,5H2,1-4H3. The van der Waals surface area contributed by atoms with E-state index >= 15 is 0 Å². The van der Waals surface area contributed by atoms with Crippen LogP contribution in [0, 0.1) is 0 Å². The Morgan fingerprint density at radius 3 is 2.47 bits per heavy atom. The summed E-state index contributed by atoms with van der Waals surface area (Å²) in [7, 11) is 0. The van der Waals surface area contributed by atoms with E-state index in [4.69, 9.17) is 0 Å². The number of hydrogen-bond acceptors (Lipinski definition) is 4. The molecule has 2 heterocycles. The van der Waals surface area contributed by atoms with Gasteiger partial charge in [-0.15, -0.1) is 0 Å². The van der Waals surface area contributed by atoms with Gasteiger partial charge in [0, 0.05) is 30.3 Å². The Labute approximate surface area is 113 Å². The molecule has 6 heteroatoms. The first-order chi connectivity index (χ1) is 8.99. The zero-order valence-electron chi connectivity index (χ0n) is 11.9. The first-order valence-corrected chi connectivity index (χ1v) is 6.59. The molecule has 19 heavy (non-hydrogen) atoms. The summed E-state index contributed by atoms with van der Waals surface area (Å²) in [6.07, 6.45) is 4.96. The van der Waals surface area contributed by atoms with Gasteiger partial charge < -0.3 is 5.11 Å². The van der Waals surface area contributed by atoms with Gasteiger partial charge in [-0.2, -0.15) is 10.2 Å². The van der Waals surface area contributed by atoms with E-state index in [1.807, 2.05) is 29.4 Å². The number of hydrogen-bond donors (Lipinski definition) is 1. The summed E-state index contributed by atoms with van der Waals surface area (Å²) in [5.41, 5.74) is 0.812. The normalized spacial score (nSPS) is 13.4. The lowest BCUT2D eigenvalue weighted by molar-refractivity contribution is 0.173. The molecule has 0 fully saturated rings. The van der Waals surface area contributed by atoms with Gasteiger partial charge >= 0.3 is 0 Å². The Morgan fingerprint density at radius 2 is 1.89 bits per heavy atom. The van der Waals surface area contributed by atoms with E-state index in [0.29, 0.717) is 12.5 Å². The second-order valence-corrected chi connectivity index (χ2v) is 5.28. The van der Waals surface area contributed by atoms with Crippen LogP contribution >= 0.6 is 0 Å². The summed E-state index contributed by atoms with van der Waals surface area (Å²) in [6.45, 7) is 8.19. The molecule has 2 aromatic heterocycles. The number of aliphatic hydroxyl groups is 1. The molecular weight excluding hydrogens is 242 g/mol. The maximum Gasteiger partial charge on any atom is 0.138 e. The minimum absolute atomic E-state index is 0.239. The number of aromatic nitrogens is 5. The topological polar surface area (TPSA) is 68.8 Å². The quantitative estimate of drug-likeness (QED) is 0.894. The predicted molar refractivity (Wildman–Crippen MR) is 71.7 cm³/mol. The van der Waals surface area contributed by atoms with Gasteiger partial charge in [-0.3, -0.25) is 4.68 Å². The highest BCUT2D eigenvalue weighted by Crippen LogP contribution is 2.19. The molecule has 0 radical (unpaired) electrons. The van der Waals surface area contributed by atoms with Gasteiger partial charge in [0.2, 0.25) is 0 Å². The zero-order chi connectivity index (χ0) is 14.0. The van der Waals surface area contributed by atoms with Crippen LogP contribution in [0.4, 0.5) is 0 Å². The van der Waals surface area contributed by atoms with Crippen LogP contribution in [0.3, 0.4) is 0 Å². The minimum atomic E-state index is -0.603. The van der Waals surface area contributed by atoms with Gasteiger partial charge in [-0.05, 0) is 27.7 Å². The molecule has 0 aliphatic heterocycles. The molecule has 0 aliphatic rings. The van der Waals surface area contributed by atoms with E-state index in [9.17, 15) is 5.11 Å². The average molecular weight is 263 g/mol. The molecule has 0 saturated carbocycles. The fraction of sp³-hybridized carbons (Fsp3) is 0.615. The lowest BCUT2D eigenvalue weighted by atomic mass is 10.1. The van der Waals surface area contributed by atoms with Crippen LogP contribution < -0.4 is 0 Å². The SMILES string of the molecule is CC(C)n1cc(C(O)Cc2ncnn2C(C)C)cn1. The summed E-state index contributed by atoms with van der Waals surface area (Å²) in [6, 6.07) is 0.531. The minimum Gasteiger partial charge on any atom is -0.388 e. The first-order valence-electron chi connectivity index (χ1n) is 6.59. The van der Waals surface area contributed by atoms with E-state index in [1.165, 1.54) is 6.33 Å². The lowest BCUT2D eigenvalue weighted by Crippen LogP contribution is -2.12. The van der Waals surface area contributed by atoms with Gasteiger partial charge in [0.25, 0.3) is 0 Å². The second kappa shape index (κ2) is 5.52. The molecule has 0 spiro atoms. The van der Waals surface area contributed by atoms with E-state index in [-0.39, 0.29) is 6.04 Å². The van der Waals surface area contributed by atoms with Gasteiger partial charge in [-0.25, -0.2) is 9.67 Å². The van der Waals surface area contributed by atoms with Crippen molar-refractivity contribution < 1.29 is 5.11 Å². The Kier molecular flexibility index (Phi) is 3.99. The molecule has 0 saturated heterocycles. The Hall–Kier alpha value is -1.69. The Morgan fingerprint density at radius 1 is 1.16 bits per heavy atom. The summed E-state index contributed by atoms with van der Waals surface area (Å²) in [5.74, 6) is 0.791. The molecule has 1 unspecified atom stereocenters. The van der Waals surface area contributed by atoms with Crippen LogP contribution in [0.5, 0.6) is 0 Å². The molecule has 0 bridgehead atoms. The van der Waals surface area contributed by atoms with Crippen molar-refractivity contribution in [2.45, 2.75) is 52.3 Å². The van der Waals surface area contributed by atoms with Crippen molar-refractivity contribution in [3.05, 3.63) is 30.1 Å². The van der Waals surface area contributed by atoms with E-state index < -0.39 is 6.10 Å². The smallest absolute Gasteiger partial charge is 0.138 e. The number of rotatable bonds is 5. The Balaban J connectivity index is 2.11. The van der Waals surface area contributed by atoms with E-state index in [2.05, 4.69) is 29.0 Å². The number of aliphatic hydroxyl groups excluding tert-OH is 1. The summed E-state index contributed by atoms with van der Waals surface area (Å²) in [5, 5.41) is 18.7. The fourth-order valence-electron chi connectivity index (χ4n) is 1.95. The fourth-order valence-corrected chi connectivity index (χ4v) is 1.95. The molecule has 1 atom stereocenters. The largest absolute Gasteiger partial charge is 0.388 e. The van der Waals surface area contributed by atoms with Crippen molar-refractivity contribution >= 4 is 0 Å². The van der Waals surface area contributed by atoms with Crippen LogP contribution in [-0.2, 0) is 6.42 Å². The highest BCUT2D eigenvalue weighted by molar-refractivity contribution is 5.10.